The Morgan fingerprint density at radius 3 is 2.04 bits per heavy atom. The van der Waals surface area contributed by atoms with Gasteiger partial charge in [0.1, 0.15) is 0 Å². The Morgan fingerprint density at radius 2 is 1.43 bits per heavy atom. The molecule has 5 nitrogen and oxygen atoms in total. The highest BCUT2D eigenvalue weighted by Gasteiger charge is 2.25. The first-order valence-corrected chi connectivity index (χ1v) is 10.4. The van der Waals surface area contributed by atoms with Gasteiger partial charge in [0.05, 0.1) is 4.90 Å². The van der Waals surface area contributed by atoms with Crippen LogP contribution in [0.1, 0.15) is 21.5 Å². The van der Waals surface area contributed by atoms with Gasteiger partial charge >= 0.3 is 0 Å². The number of carbonyl (C=O) groups is 1. The molecule has 0 atom stereocenters. The molecular weight excluding hydrogens is 372 g/mol. The van der Waals surface area contributed by atoms with Gasteiger partial charge in [0.2, 0.25) is 15.9 Å². The van der Waals surface area contributed by atoms with E-state index < -0.39 is 15.9 Å². The number of amides is 1. The highest BCUT2D eigenvalue weighted by molar-refractivity contribution is 7.89. The van der Waals surface area contributed by atoms with Gasteiger partial charge in [-0.1, -0.05) is 66.7 Å². The third kappa shape index (κ3) is 4.85. The van der Waals surface area contributed by atoms with Crippen LogP contribution in [0, 0.1) is 0 Å². The van der Waals surface area contributed by atoms with Crippen LogP contribution in [0.15, 0.2) is 89.8 Å². The average Bonchev–Trinajstić information content (AvgIpc) is 2.72. The molecule has 2 N–H and O–H groups in total. The lowest BCUT2D eigenvalue weighted by Gasteiger charge is -2.23. The van der Waals surface area contributed by atoms with Crippen LogP contribution in [0.3, 0.4) is 0 Å². The van der Waals surface area contributed by atoms with Crippen LogP contribution >= 0.6 is 0 Å². The van der Waals surface area contributed by atoms with Gasteiger partial charge in [0.15, 0.2) is 0 Å². The topological polar surface area (TPSA) is 80.5 Å². The van der Waals surface area contributed by atoms with E-state index in [0.717, 1.165) is 11.1 Å². The maximum atomic E-state index is 13.3. The molecule has 0 heterocycles. The standard InChI is InChI=1S/C22H22N2O3S/c23-22(25)20-12-7-13-21(16-20)28(26,27)24(17-19-10-5-2-6-11-19)15-14-18-8-3-1-4-9-18/h1-13,16H,14-15,17H2,(H2,23,25). The number of carbonyl (C=O) groups excluding carboxylic acids is 1. The number of hydrogen-bond acceptors (Lipinski definition) is 3. The van der Waals surface area contributed by atoms with Gasteiger partial charge in [0, 0.05) is 18.7 Å². The smallest absolute Gasteiger partial charge is 0.248 e. The molecule has 144 valence electrons. The van der Waals surface area contributed by atoms with Crippen LogP contribution in [-0.2, 0) is 23.0 Å². The molecular formula is C22H22N2O3S. The van der Waals surface area contributed by atoms with Crippen molar-refractivity contribution < 1.29 is 13.2 Å². The van der Waals surface area contributed by atoms with Crippen LogP contribution in [0.4, 0.5) is 0 Å². The van der Waals surface area contributed by atoms with E-state index in [-0.39, 0.29) is 17.0 Å². The minimum atomic E-state index is -3.80. The van der Waals surface area contributed by atoms with Gasteiger partial charge in [-0.15, -0.1) is 0 Å². The summed E-state index contributed by atoms with van der Waals surface area (Å²) in [6.45, 7) is 0.568. The third-order valence-electron chi connectivity index (χ3n) is 4.45. The minimum Gasteiger partial charge on any atom is -0.366 e. The molecule has 28 heavy (non-hydrogen) atoms. The number of primary amides is 1. The zero-order valence-electron chi connectivity index (χ0n) is 15.4. The number of rotatable bonds is 8. The van der Waals surface area contributed by atoms with E-state index in [9.17, 15) is 13.2 Å². The zero-order valence-corrected chi connectivity index (χ0v) is 16.2. The van der Waals surface area contributed by atoms with Gasteiger partial charge < -0.3 is 5.73 Å². The van der Waals surface area contributed by atoms with E-state index in [0.29, 0.717) is 13.0 Å². The van der Waals surface area contributed by atoms with Crippen molar-refractivity contribution in [2.45, 2.75) is 17.9 Å². The quantitative estimate of drug-likeness (QED) is 0.637. The van der Waals surface area contributed by atoms with E-state index in [4.69, 9.17) is 5.73 Å². The van der Waals surface area contributed by atoms with Crippen molar-refractivity contribution in [1.29, 1.82) is 0 Å². The summed E-state index contributed by atoms with van der Waals surface area (Å²) < 4.78 is 28.1. The van der Waals surface area contributed by atoms with Gasteiger partial charge in [-0.25, -0.2) is 8.42 Å². The lowest BCUT2D eigenvalue weighted by atomic mass is 10.1. The second kappa shape index (κ2) is 8.82. The molecule has 3 aromatic carbocycles. The molecule has 0 saturated carbocycles. The number of benzene rings is 3. The van der Waals surface area contributed by atoms with E-state index in [1.54, 1.807) is 0 Å². The summed E-state index contributed by atoms with van der Waals surface area (Å²) in [5.41, 5.74) is 7.43. The summed E-state index contributed by atoms with van der Waals surface area (Å²) in [5.74, 6) is -0.657. The fourth-order valence-electron chi connectivity index (χ4n) is 2.93. The molecule has 0 aliphatic carbocycles. The molecule has 0 aromatic heterocycles. The Bertz CT molecular complexity index is 1040. The number of nitrogens with zero attached hydrogens (tertiary/aromatic N) is 1. The zero-order chi connectivity index (χ0) is 20.0. The van der Waals surface area contributed by atoms with Gasteiger partial charge in [0.25, 0.3) is 0 Å². The van der Waals surface area contributed by atoms with Crippen molar-refractivity contribution in [3.8, 4) is 0 Å². The number of hydrogen-bond donors (Lipinski definition) is 1. The number of sulfonamides is 1. The third-order valence-corrected chi connectivity index (χ3v) is 6.29. The molecule has 0 spiro atoms. The van der Waals surface area contributed by atoms with Crippen LogP contribution in [0.25, 0.3) is 0 Å². The Kier molecular flexibility index (Phi) is 6.23. The summed E-state index contributed by atoms with van der Waals surface area (Å²) in [6, 6.07) is 25.0. The molecule has 0 unspecified atom stereocenters. The highest BCUT2D eigenvalue weighted by Crippen LogP contribution is 2.20. The van der Waals surface area contributed by atoms with Crippen molar-refractivity contribution in [3.63, 3.8) is 0 Å². The Morgan fingerprint density at radius 1 is 0.821 bits per heavy atom. The molecule has 0 fully saturated rings. The predicted octanol–water partition coefficient (Wildman–Crippen LogP) is 3.22. The highest BCUT2D eigenvalue weighted by atomic mass is 32.2. The summed E-state index contributed by atoms with van der Waals surface area (Å²) >= 11 is 0. The fraction of sp³-hybridized carbons (Fsp3) is 0.136. The first kappa shape index (κ1) is 19.8. The second-order valence-corrected chi connectivity index (χ2v) is 8.39. The summed E-state index contributed by atoms with van der Waals surface area (Å²) in [7, 11) is -3.80. The van der Waals surface area contributed by atoms with E-state index >= 15 is 0 Å². The van der Waals surface area contributed by atoms with Crippen LogP contribution in [0.2, 0.25) is 0 Å². The molecule has 0 radical (unpaired) electrons. The summed E-state index contributed by atoms with van der Waals surface area (Å²) in [4.78, 5) is 11.5. The Balaban J connectivity index is 1.91. The monoisotopic (exact) mass is 394 g/mol. The predicted molar refractivity (Wildman–Crippen MR) is 109 cm³/mol. The summed E-state index contributed by atoms with van der Waals surface area (Å²) in [5, 5.41) is 0. The average molecular weight is 394 g/mol. The minimum absolute atomic E-state index is 0.0628. The molecule has 0 bridgehead atoms. The Hall–Kier alpha value is -2.96. The van der Waals surface area contributed by atoms with Gasteiger partial charge in [-0.05, 0) is 35.7 Å². The normalized spacial score (nSPS) is 11.5. The van der Waals surface area contributed by atoms with Crippen LogP contribution in [-0.4, -0.2) is 25.2 Å². The second-order valence-electron chi connectivity index (χ2n) is 6.45. The fourth-order valence-corrected chi connectivity index (χ4v) is 4.40. The van der Waals surface area contributed by atoms with Gasteiger partial charge in [-0.3, -0.25) is 4.79 Å². The Labute approximate surface area is 165 Å². The molecule has 6 heteroatoms. The molecule has 0 saturated heterocycles. The van der Waals surface area contributed by atoms with Crippen LogP contribution < -0.4 is 5.73 Å². The lowest BCUT2D eigenvalue weighted by Crippen LogP contribution is -2.32. The van der Waals surface area contributed by atoms with Gasteiger partial charge in [-0.2, -0.15) is 4.31 Å². The van der Waals surface area contributed by atoms with Crippen molar-refractivity contribution >= 4 is 15.9 Å². The van der Waals surface area contributed by atoms with Crippen molar-refractivity contribution in [3.05, 3.63) is 102 Å². The SMILES string of the molecule is NC(=O)c1cccc(S(=O)(=O)N(CCc2ccccc2)Cc2ccccc2)c1. The van der Waals surface area contributed by atoms with E-state index in [1.807, 2.05) is 60.7 Å². The summed E-state index contributed by atoms with van der Waals surface area (Å²) in [6.07, 6.45) is 0.586. The van der Waals surface area contributed by atoms with Crippen molar-refractivity contribution in [2.75, 3.05) is 6.54 Å². The molecule has 1 amide bonds. The first-order valence-electron chi connectivity index (χ1n) is 8.95. The largest absolute Gasteiger partial charge is 0.366 e. The lowest BCUT2D eigenvalue weighted by molar-refractivity contribution is 0.1000. The van der Waals surface area contributed by atoms with Crippen molar-refractivity contribution in [2.24, 2.45) is 5.73 Å². The van der Waals surface area contributed by atoms with Crippen molar-refractivity contribution in [1.82, 2.24) is 4.31 Å². The molecule has 0 aliphatic rings. The van der Waals surface area contributed by atoms with Crippen LogP contribution in [0.5, 0.6) is 0 Å². The molecule has 0 aliphatic heterocycles. The number of nitrogens with two attached hydrogens (primary N) is 1. The maximum absolute atomic E-state index is 13.3. The molecule has 3 rings (SSSR count). The first-order chi connectivity index (χ1) is 13.5. The van der Waals surface area contributed by atoms with E-state index in [2.05, 4.69) is 0 Å². The van der Waals surface area contributed by atoms with E-state index in [1.165, 1.54) is 28.6 Å². The molecule has 3 aromatic rings. The maximum Gasteiger partial charge on any atom is 0.248 e.